The number of halogens is 1. The fourth-order valence-electron chi connectivity index (χ4n) is 1.10. The van der Waals surface area contributed by atoms with Crippen LogP contribution in [0, 0.1) is 0 Å². The molecule has 0 saturated carbocycles. The SMILES string of the molecule is O=C(Nc1nnc(Br)s1)OCc1ccccc1. The first-order chi connectivity index (χ1) is 8.24. The molecule has 17 heavy (non-hydrogen) atoms. The van der Waals surface area contributed by atoms with Gasteiger partial charge in [0.25, 0.3) is 0 Å². The van der Waals surface area contributed by atoms with Gasteiger partial charge >= 0.3 is 6.09 Å². The Morgan fingerprint density at radius 3 is 2.76 bits per heavy atom. The van der Waals surface area contributed by atoms with Crippen LogP contribution in [0.15, 0.2) is 34.2 Å². The Hall–Kier alpha value is -1.47. The molecule has 1 aromatic heterocycles. The van der Waals surface area contributed by atoms with Crippen LogP contribution in [0.4, 0.5) is 9.93 Å². The molecule has 88 valence electrons. The van der Waals surface area contributed by atoms with Crippen molar-refractivity contribution in [3.63, 3.8) is 0 Å². The van der Waals surface area contributed by atoms with Gasteiger partial charge in [-0.05, 0) is 21.5 Å². The summed E-state index contributed by atoms with van der Waals surface area (Å²) in [6.07, 6.45) is -0.544. The van der Waals surface area contributed by atoms with E-state index in [1.54, 1.807) is 0 Å². The first kappa shape index (κ1) is 12.0. The molecule has 1 aromatic carbocycles. The maximum Gasteiger partial charge on any atom is 0.413 e. The number of nitrogens with one attached hydrogen (secondary N) is 1. The molecule has 0 atom stereocenters. The van der Waals surface area contributed by atoms with Gasteiger partial charge in [-0.1, -0.05) is 41.7 Å². The Balaban J connectivity index is 1.82. The maximum atomic E-state index is 11.4. The van der Waals surface area contributed by atoms with Crippen molar-refractivity contribution in [3.8, 4) is 0 Å². The smallest absolute Gasteiger partial charge is 0.413 e. The molecule has 1 amide bonds. The van der Waals surface area contributed by atoms with E-state index in [0.717, 1.165) is 5.56 Å². The van der Waals surface area contributed by atoms with Crippen molar-refractivity contribution in [2.45, 2.75) is 6.61 Å². The number of nitrogens with zero attached hydrogens (tertiary/aromatic N) is 2. The van der Waals surface area contributed by atoms with Crippen LogP contribution in [-0.2, 0) is 11.3 Å². The number of hydrogen-bond acceptors (Lipinski definition) is 5. The van der Waals surface area contributed by atoms with E-state index in [9.17, 15) is 4.79 Å². The third-order valence-electron chi connectivity index (χ3n) is 1.82. The third kappa shape index (κ3) is 3.79. The first-order valence-electron chi connectivity index (χ1n) is 4.71. The second-order valence-corrected chi connectivity index (χ2v) is 5.30. The fraction of sp³-hybridized carbons (Fsp3) is 0.100. The molecule has 0 unspecified atom stereocenters. The van der Waals surface area contributed by atoms with Gasteiger partial charge in [-0.3, -0.25) is 5.32 Å². The van der Waals surface area contributed by atoms with Crippen LogP contribution >= 0.6 is 27.3 Å². The van der Waals surface area contributed by atoms with Crippen LogP contribution in [-0.4, -0.2) is 16.3 Å². The van der Waals surface area contributed by atoms with Crippen LogP contribution in [0.2, 0.25) is 0 Å². The molecule has 0 saturated heterocycles. The second-order valence-electron chi connectivity index (χ2n) is 3.05. The monoisotopic (exact) mass is 313 g/mol. The topological polar surface area (TPSA) is 64.1 Å². The highest BCUT2D eigenvalue weighted by molar-refractivity contribution is 9.11. The van der Waals surface area contributed by atoms with Crippen LogP contribution < -0.4 is 5.32 Å². The van der Waals surface area contributed by atoms with Crippen molar-refractivity contribution in [3.05, 3.63) is 39.8 Å². The van der Waals surface area contributed by atoms with Crippen molar-refractivity contribution in [1.82, 2.24) is 10.2 Å². The number of carbonyl (C=O) groups is 1. The van der Waals surface area contributed by atoms with Crippen molar-refractivity contribution >= 4 is 38.5 Å². The van der Waals surface area contributed by atoms with E-state index in [0.29, 0.717) is 9.05 Å². The minimum Gasteiger partial charge on any atom is -0.444 e. The van der Waals surface area contributed by atoms with Gasteiger partial charge in [-0.2, -0.15) is 0 Å². The van der Waals surface area contributed by atoms with Crippen molar-refractivity contribution in [2.75, 3.05) is 5.32 Å². The number of aromatic nitrogens is 2. The van der Waals surface area contributed by atoms with Crippen LogP contribution in [0.1, 0.15) is 5.56 Å². The van der Waals surface area contributed by atoms with Crippen molar-refractivity contribution < 1.29 is 9.53 Å². The molecule has 5 nitrogen and oxygen atoms in total. The molecule has 0 spiro atoms. The summed E-state index contributed by atoms with van der Waals surface area (Å²) in [5.74, 6) is 0. The average Bonchev–Trinajstić information content (AvgIpc) is 2.73. The van der Waals surface area contributed by atoms with E-state index in [1.807, 2.05) is 30.3 Å². The van der Waals surface area contributed by atoms with E-state index in [2.05, 4.69) is 31.4 Å². The molecule has 0 aliphatic heterocycles. The number of carbonyl (C=O) groups excluding carboxylic acids is 1. The lowest BCUT2D eigenvalue weighted by atomic mass is 10.2. The highest BCUT2D eigenvalue weighted by Gasteiger charge is 2.07. The van der Waals surface area contributed by atoms with Crippen molar-refractivity contribution in [1.29, 1.82) is 0 Å². The zero-order chi connectivity index (χ0) is 12.1. The Bertz CT molecular complexity index is 503. The van der Waals surface area contributed by atoms with Gasteiger partial charge in [-0.15, -0.1) is 10.2 Å². The van der Waals surface area contributed by atoms with Crippen LogP contribution in [0.25, 0.3) is 0 Å². The summed E-state index contributed by atoms with van der Waals surface area (Å²) in [7, 11) is 0. The third-order valence-corrected chi connectivity index (χ3v) is 3.09. The zero-order valence-corrected chi connectivity index (χ0v) is 11.0. The Labute approximate surface area is 110 Å². The maximum absolute atomic E-state index is 11.4. The summed E-state index contributed by atoms with van der Waals surface area (Å²) in [6, 6.07) is 9.45. The number of hydrogen-bond donors (Lipinski definition) is 1. The van der Waals surface area contributed by atoms with Crippen LogP contribution in [0.3, 0.4) is 0 Å². The molecule has 0 fully saturated rings. The lowest BCUT2D eigenvalue weighted by Gasteiger charge is -2.04. The Kier molecular flexibility index (Phi) is 4.05. The van der Waals surface area contributed by atoms with E-state index < -0.39 is 6.09 Å². The molecule has 0 aliphatic rings. The van der Waals surface area contributed by atoms with Gasteiger partial charge in [0.1, 0.15) is 6.61 Å². The summed E-state index contributed by atoms with van der Waals surface area (Å²) >= 11 is 4.37. The quantitative estimate of drug-likeness (QED) is 0.946. The van der Waals surface area contributed by atoms with Gasteiger partial charge in [0, 0.05) is 0 Å². The molecular formula is C10H8BrN3O2S. The molecule has 0 radical (unpaired) electrons. The van der Waals surface area contributed by atoms with Gasteiger partial charge in [-0.25, -0.2) is 4.79 Å². The van der Waals surface area contributed by atoms with Gasteiger partial charge < -0.3 is 4.74 Å². The van der Waals surface area contributed by atoms with Gasteiger partial charge in [0.2, 0.25) is 5.13 Å². The Morgan fingerprint density at radius 2 is 2.12 bits per heavy atom. The molecule has 1 N–H and O–H groups in total. The standard InChI is InChI=1S/C10H8BrN3O2S/c11-8-13-14-9(17-8)12-10(15)16-6-7-4-2-1-3-5-7/h1-5H,6H2,(H,12,14,15). The summed E-state index contributed by atoms with van der Waals surface area (Å²) in [5.41, 5.74) is 0.932. The van der Waals surface area contributed by atoms with Gasteiger partial charge in [0.05, 0.1) is 0 Å². The van der Waals surface area contributed by atoms with Gasteiger partial charge in [0.15, 0.2) is 3.92 Å². The summed E-state index contributed by atoms with van der Waals surface area (Å²) in [5, 5.41) is 10.3. The minimum absolute atomic E-state index is 0.229. The summed E-state index contributed by atoms with van der Waals surface area (Å²) in [4.78, 5) is 11.4. The first-order valence-corrected chi connectivity index (χ1v) is 6.32. The largest absolute Gasteiger partial charge is 0.444 e. The van der Waals surface area contributed by atoms with E-state index in [-0.39, 0.29) is 6.61 Å². The second kappa shape index (κ2) is 5.74. The van der Waals surface area contributed by atoms with E-state index >= 15 is 0 Å². The number of ether oxygens (including phenoxy) is 1. The lowest BCUT2D eigenvalue weighted by Crippen LogP contribution is -2.13. The number of amides is 1. The number of rotatable bonds is 3. The number of anilines is 1. The predicted octanol–water partition coefficient (Wildman–Crippen LogP) is 3.05. The van der Waals surface area contributed by atoms with Crippen molar-refractivity contribution in [2.24, 2.45) is 0 Å². The molecule has 0 aliphatic carbocycles. The normalized spacial score (nSPS) is 9.94. The van der Waals surface area contributed by atoms with E-state index in [4.69, 9.17) is 4.74 Å². The lowest BCUT2D eigenvalue weighted by molar-refractivity contribution is 0.155. The number of benzene rings is 1. The fourth-order valence-corrected chi connectivity index (χ4v) is 2.10. The summed E-state index contributed by atoms with van der Waals surface area (Å²) < 4.78 is 5.62. The highest BCUT2D eigenvalue weighted by atomic mass is 79.9. The highest BCUT2D eigenvalue weighted by Crippen LogP contribution is 2.20. The van der Waals surface area contributed by atoms with Crippen LogP contribution in [0.5, 0.6) is 0 Å². The molecule has 1 heterocycles. The average molecular weight is 314 g/mol. The summed E-state index contributed by atoms with van der Waals surface area (Å²) in [6.45, 7) is 0.229. The molecule has 7 heteroatoms. The Morgan fingerprint density at radius 1 is 1.35 bits per heavy atom. The minimum atomic E-state index is -0.544. The molecular weight excluding hydrogens is 306 g/mol. The molecule has 2 aromatic rings. The molecule has 2 rings (SSSR count). The van der Waals surface area contributed by atoms with E-state index in [1.165, 1.54) is 11.3 Å². The molecule has 0 bridgehead atoms. The zero-order valence-electron chi connectivity index (χ0n) is 8.59. The predicted molar refractivity (Wildman–Crippen MR) is 67.9 cm³/mol.